The molecule has 0 unspecified atom stereocenters. The van der Waals surface area contributed by atoms with Crippen molar-refractivity contribution in [3.8, 4) is 0 Å². The molecule has 1 aromatic heterocycles. The lowest BCUT2D eigenvalue weighted by molar-refractivity contribution is 0.0691. The van der Waals surface area contributed by atoms with E-state index in [1.54, 1.807) is 14.1 Å². The van der Waals surface area contributed by atoms with Gasteiger partial charge in [0.25, 0.3) is 0 Å². The van der Waals surface area contributed by atoms with Gasteiger partial charge in [-0.05, 0) is 0 Å². The zero-order chi connectivity index (χ0) is 9.14. The number of nitrogen functional groups attached to an aromatic ring is 1. The van der Waals surface area contributed by atoms with Crippen LogP contribution in [0.1, 0.15) is 10.5 Å². The van der Waals surface area contributed by atoms with Gasteiger partial charge in [-0.3, -0.25) is 4.98 Å². The molecule has 0 saturated carbocycles. The molecule has 12 heavy (non-hydrogen) atoms. The molecule has 6 heteroatoms. The van der Waals surface area contributed by atoms with Crippen molar-refractivity contribution in [1.29, 1.82) is 0 Å². The summed E-state index contributed by atoms with van der Waals surface area (Å²) in [6, 6.07) is 0. The summed E-state index contributed by atoms with van der Waals surface area (Å²) in [7, 11) is 1.65. The number of hydrogen-bond donors (Lipinski definition) is 2. The third-order valence-corrected chi connectivity index (χ3v) is 1.32. The van der Waals surface area contributed by atoms with E-state index in [0.29, 0.717) is 5.59 Å². The highest BCUT2D eigenvalue weighted by Gasteiger charge is 2.10. The van der Waals surface area contributed by atoms with Crippen LogP contribution in [0.25, 0.3) is 0 Å². The molecule has 1 rings (SSSR count). The van der Waals surface area contributed by atoms with Crippen LogP contribution in [0.2, 0.25) is 6.82 Å². The highest BCUT2D eigenvalue weighted by atomic mass is 16.4. The average Bonchev–Trinajstić information content (AvgIpc) is 2.05. The number of aromatic nitrogens is 2. The lowest BCUT2D eigenvalue weighted by Gasteiger charge is -1.99. The number of carbonyl (C=O) groups is 1. The molecule has 5 nitrogen and oxygen atoms in total. The van der Waals surface area contributed by atoms with E-state index in [0.717, 1.165) is 0 Å². The van der Waals surface area contributed by atoms with Crippen LogP contribution in [-0.4, -0.2) is 28.3 Å². The maximum Gasteiger partial charge on any atom is 0.358 e. The van der Waals surface area contributed by atoms with Gasteiger partial charge in [-0.1, -0.05) is 6.82 Å². The SMILES string of the molecule is C[B]c1cnc(N)c(C(=O)O)n1. The number of aromatic carboxylic acids is 1. The Morgan fingerprint density at radius 3 is 2.92 bits per heavy atom. The summed E-state index contributed by atoms with van der Waals surface area (Å²) < 4.78 is 0. The van der Waals surface area contributed by atoms with Gasteiger partial charge in [-0.25, -0.2) is 9.78 Å². The van der Waals surface area contributed by atoms with E-state index in [-0.39, 0.29) is 11.5 Å². The van der Waals surface area contributed by atoms with Crippen LogP contribution in [-0.2, 0) is 0 Å². The average molecular weight is 164 g/mol. The number of rotatable bonds is 2. The van der Waals surface area contributed by atoms with Crippen LogP contribution in [0.3, 0.4) is 0 Å². The Morgan fingerprint density at radius 1 is 1.75 bits per heavy atom. The van der Waals surface area contributed by atoms with Crippen LogP contribution in [0.5, 0.6) is 0 Å². The lowest BCUT2D eigenvalue weighted by atomic mass is 9.78. The van der Waals surface area contributed by atoms with E-state index in [4.69, 9.17) is 10.8 Å². The summed E-state index contributed by atoms with van der Waals surface area (Å²) in [5.74, 6) is -1.23. The fraction of sp³-hybridized carbons (Fsp3) is 0.167. The second kappa shape index (κ2) is 3.21. The molecule has 61 valence electrons. The molecule has 0 aliphatic rings. The normalized spacial score (nSPS) is 9.42. The Labute approximate surface area is 69.9 Å². The first-order valence-corrected chi connectivity index (χ1v) is 3.30. The quantitative estimate of drug-likeness (QED) is 0.554. The predicted octanol–water partition coefficient (Wildman–Crippen LogP) is -0.865. The molecule has 0 aliphatic carbocycles. The third-order valence-electron chi connectivity index (χ3n) is 1.32. The van der Waals surface area contributed by atoms with E-state index in [1.165, 1.54) is 6.20 Å². The molecule has 1 aromatic rings. The molecule has 0 bridgehead atoms. The first-order chi connectivity index (χ1) is 5.65. The van der Waals surface area contributed by atoms with Gasteiger partial charge in [0.05, 0.1) is 0 Å². The Bertz CT molecular complexity index is 316. The number of carboxylic acid groups (broad SMARTS) is 1. The van der Waals surface area contributed by atoms with Crippen LogP contribution in [0.4, 0.5) is 5.82 Å². The Kier molecular flexibility index (Phi) is 2.28. The Hall–Kier alpha value is -1.59. The van der Waals surface area contributed by atoms with E-state index in [2.05, 4.69) is 9.97 Å². The van der Waals surface area contributed by atoms with Gasteiger partial charge < -0.3 is 10.8 Å². The van der Waals surface area contributed by atoms with E-state index >= 15 is 0 Å². The van der Waals surface area contributed by atoms with Gasteiger partial charge in [0.1, 0.15) is 0 Å². The van der Waals surface area contributed by atoms with Gasteiger partial charge in [0, 0.05) is 11.8 Å². The zero-order valence-electron chi connectivity index (χ0n) is 6.48. The lowest BCUT2D eigenvalue weighted by Crippen LogP contribution is -2.21. The smallest absolute Gasteiger partial charge is 0.358 e. The molecule has 0 aromatic carbocycles. The fourth-order valence-corrected chi connectivity index (χ4v) is 0.709. The first kappa shape index (κ1) is 8.51. The summed E-state index contributed by atoms with van der Waals surface area (Å²) >= 11 is 0. The summed E-state index contributed by atoms with van der Waals surface area (Å²) in [5.41, 5.74) is 5.58. The van der Waals surface area contributed by atoms with Crippen molar-refractivity contribution >= 4 is 24.7 Å². The van der Waals surface area contributed by atoms with Crippen LogP contribution in [0.15, 0.2) is 6.20 Å². The van der Waals surface area contributed by atoms with E-state index < -0.39 is 5.97 Å². The molecule has 0 aliphatic heterocycles. The van der Waals surface area contributed by atoms with Crippen LogP contribution < -0.4 is 11.3 Å². The van der Waals surface area contributed by atoms with Crippen molar-refractivity contribution in [1.82, 2.24) is 9.97 Å². The molecule has 0 amide bonds. The molecule has 0 atom stereocenters. The van der Waals surface area contributed by atoms with Gasteiger partial charge in [-0.15, -0.1) is 0 Å². The first-order valence-electron chi connectivity index (χ1n) is 3.30. The molecule has 0 spiro atoms. The van der Waals surface area contributed by atoms with Gasteiger partial charge in [0.15, 0.2) is 18.8 Å². The molecule has 0 saturated heterocycles. The van der Waals surface area contributed by atoms with E-state index in [1.807, 2.05) is 0 Å². The summed E-state index contributed by atoms with van der Waals surface area (Å²) in [5, 5.41) is 8.59. The van der Waals surface area contributed by atoms with Crippen molar-refractivity contribution in [3.05, 3.63) is 11.9 Å². The topological polar surface area (TPSA) is 89.1 Å². The number of carboxylic acids is 1. The maximum atomic E-state index is 10.5. The van der Waals surface area contributed by atoms with Crippen molar-refractivity contribution in [2.75, 3.05) is 5.73 Å². The van der Waals surface area contributed by atoms with Crippen molar-refractivity contribution in [2.45, 2.75) is 6.82 Å². The largest absolute Gasteiger partial charge is 0.476 e. The van der Waals surface area contributed by atoms with Crippen molar-refractivity contribution in [3.63, 3.8) is 0 Å². The third kappa shape index (κ3) is 1.53. The van der Waals surface area contributed by atoms with Gasteiger partial charge in [-0.2, -0.15) is 0 Å². The number of nitrogens with two attached hydrogens (primary N) is 1. The standard InChI is InChI=1S/C6H7BN3O2/c1-7-3-2-9-5(8)4(10-3)6(11)12/h2H,1H3,(H2,8,9)(H,11,12). The van der Waals surface area contributed by atoms with Gasteiger partial charge in [0.2, 0.25) is 0 Å². The Morgan fingerprint density at radius 2 is 2.42 bits per heavy atom. The number of nitrogens with zero attached hydrogens (tertiary/aromatic N) is 2. The van der Waals surface area contributed by atoms with E-state index in [9.17, 15) is 4.79 Å². The minimum absolute atomic E-state index is 0.0619. The summed E-state index contributed by atoms with van der Waals surface area (Å²) in [6.45, 7) is 1.74. The molecular formula is C6H7BN3O2. The fourth-order valence-electron chi connectivity index (χ4n) is 0.709. The number of hydrogen-bond acceptors (Lipinski definition) is 4. The predicted molar refractivity (Wildman–Crippen MR) is 44.7 cm³/mol. The molecule has 1 heterocycles. The van der Waals surface area contributed by atoms with Crippen molar-refractivity contribution in [2.24, 2.45) is 0 Å². The van der Waals surface area contributed by atoms with Crippen LogP contribution in [0, 0.1) is 0 Å². The maximum absolute atomic E-state index is 10.5. The molecule has 1 radical (unpaired) electrons. The molecule has 0 fully saturated rings. The second-order valence-corrected chi connectivity index (χ2v) is 2.12. The van der Waals surface area contributed by atoms with Gasteiger partial charge >= 0.3 is 5.97 Å². The Balaban J connectivity index is 3.17. The highest BCUT2D eigenvalue weighted by Crippen LogP contribution is 2.00. The minimum Gasteiger partial charge on any atom is -0.476 e. The molecule has 3 N–H and O–H groups in total. The second-order valence-electron chi connectivity index (χ2n) is 2.12. The highest BCUT2D eigenvalue weighted by molar-refractivity contribution is 6.50. The summed E-state index contributed by atoms with van der Waals surface area (Å²) in [6.07, 6.45) is 1.42. The summed E-state index contributed by atoms with van der Waals surface area (Å²) in [4.78, 5) is 17.9. The zero-order valence-corrected chi connectivity index (χ0v) is 6.48. The number of anilines is 1. The molecular weight excluding hydrogens is 157 g/mol. The van der Waals surface area contributed by atoms with Crippen molar-refractivity contribution < 1.29 is 9.90 Å². The monoisotopic (exact) mass is 164 g/mol. The minimum atomic E-state index is -1.16. The van der Waals surface area contributed by atoms with Crippen LogP contribution >= 0.6 is 0 Å².